The van der Waals surface area contributed by atoms with Crippen LogP contribution in [0.3, 0.4) is 0 Å². The molecule has 3 aromatic heterocycles. The van der Waals surface area contributed by atoms with E-state index in [0.29, 0.717) is 17.1 Å². The number of ether oxygens (including phenoxy) is 1. The Morgan fingerprint density at radius 1 is 1.00 bits per heavy atom. The number of pyridine rings is 1. The molecule has 0 spiro atoms. The topological polar surface area (TPSA) is 74.8 Å². The highest BCUT2D eigenvalue weighted by Gasteiger charge is 2.31. The number of hydrogen-bond acceptors (Lipinski definition) is 5. The van der Waals surface area contributed by atoms with Crippen LogP contribution in [0, 0.1) is 6.92 Å². The van der Waals surface area contributed by atoms with E-state index in [1.807, 2.05) is 6.92 Å². The molecule has 0 radical (unpaired) electrons. The number of rotatable bonds is 4. The maximum Gasteiger partial charge on any atom is 0.573 e. The highest BCUT2D eigenvalue weighted by molar-refractivity contribution is 5.57. The van der Waals surface area contributed by atoms with E-state index in [9.17, 15) is 18.0 Å². The second-order valence-corrected chi connectivity index (χ2v) is 6.30. The van der Waals surface area contributed by atoms with Crippen LogP contribution in [0.4, 0.5) is 13.2 Å². The van der Waals surface area contributed by atoms with E-state index in [4.69, 9.17) is 0 Å². The van der Waals surface area contributed by atoms with Gasteiger partial charge in [-0.3, -0.25) is 9.78 Å². The van der Waals surface area contributed by atoms with E-state index in [1.54, 1.807) is 35.1 Å². The maximum atomic E-state index is 12.5. The molecule has 4 rings (SSSR count). The second-order valence-electron chi connectivity index (χ2n) is 6.30. The first-order chi connectivity index (χ1) is 14.3. The molecule has 0 unspecified atom stereocenters. The summed E-state index contributed by atoms with van der Waals surface area (Å²) in [5.74, 6) is -0.389. The summed E-state index contributed by atoms with van der Waals surface area (Å²) in [5.41, 5.74) is 1.92. The molecule has 0 saturated heterocycles. The van der Waals surface area contributed by atoms with Gasteiger partial charge in [-0.25, -0.2) is 9.36 Å². The molecular weight excluding hydrogens is 399 g/mol. The molecule has 7 nitrogen and oxygen atoms in total. The minimum atomic E-state index is -4.81. The van der Waals surface area contributed by atoms with Gasteiger partial charge in [0.2, 0.25) is 5.43 Å². The minimum absolute atomic E-state index is 0.0895. The van der Waals surface area contributed by atoms with Gasteiger partial charge >= 0.3 is 6.36 Å². The monoisotopic (exact) mass is 413 g/mol. The van der Waals surface area contributed by atoms with Crippen molar-refractivity contribution in [2.75, 3.05) is 0 Å². The fraction of sp³-hybridized carbons (Fsp3) is 0.100. The summed E-state index contributed by atoms with van der Waals surface area (Å²) in [7, 11) is 0. The number of alkyl halides is 3. The summed E-state index contributed by atoms with van der Waals surface area (Å²) in [6, 6.07) is 11.8. The van der Waals surface area contributed by atoms with E-state index >= 15 is 0 Å². The molecule has 152 valence electrons. The summed E-state index contributed by atoms with van der Waals surface area (Å²) in [6.45, 7) is 1.83. The fourth-order valence-electron chi connectivity index (χ4n) is 2.90. The first kappa shape index (κ1) is 19.4. The predicted octanol–water partition coefficient (Wildman–Crippen LogP) is 3.69. The largest absolute Gasteiger partial charge is 0.573 e. The number of hydrogen-bond donors (Lipinski definition) is 0. The van der Waals surface area contributed by atoms with Crippen LogP contribution in [0.2, 0.25) is 0 Å². The van der Waals surface area contributed by atoms with Crippen LogP contribution in [-0.4, -0.2) is 30.9 Å². The Hall–Kier alpha value is -3.95. The summed E-state index contributed by atoms with van der Waals surface area (Å²) >= 11 is 0. The fourth-order valence-corrected chi connectivity index (χ4v) is 2.90. The second kappa shape index (κ2) is 7.47. The Labute approximate surface area is 168 Å². The van der Waals surface area contributed by atoms with Crippen molar-refractivity contribution in [1.82, 2.24) is 24.5 Å². The molecule has 0 aliphatic heterocycles. The zero-order valence-electron chi connectivity index (χ0n) is 15.5. The zero-order valence-corrected chi connectivity index (χ0v) is 15.5. The number of nitrogens with zero attached hydrogens (tertiary/aromatic N) is 5. The van der Waals surface area contributed by atoms with Crippen LogP contribution < -0.4 is 10.2 Å². The van der Waals surface area contributed by atoms with Crippen molar-refractivity contribution in [2.24, 2.45) is 0 Å². The van der Waals surface area contributed by atoms with Crippen LogP contribution >= 0.6 is 0 Å². The van der Waals surface area contributed by atoms with Crippen molar-refractivity contribution < 1.29 is 17.9 Å². The van der Waals surface area contributed by atoms with Crippen LogP contribution in [0.1, 0.15) is 5.69 Å². The Morgan fingerprint density at radius 2 is 1.83 bits per heavy atom. The van der Waals surface area contributed by atoms with Gasteiger partial charge in [-0.2, -0.15) is 10.2 Å². The highest BCUT2D eigenvalue weighted by atomic mass is 19.4. The lowest BCUT2D eigenvalue weighted by Crippen LogP contribution is -2.17. The Morgan fingerprint density at radius 3 is 2.60 bits per heavy atom. The Balaban J connectivity index is 1.77. The van der Waals surface area contributed by atoms with Crippen molar-refractivity contribution >= 4 is 0 Å². The molecule has 0 amide bonds. The maximum absolute atomic E-state index is 12.5. The summed E-state index contributed by atoms with van der Waals surface area (Å²) in [6.07, 6.45) is -0.286. The third-order valence-electron chi connectivity index (χ3n) is 4.13. The quantitative estimate of drug-likeness (QED) is 0.510. The highest BCUT2D eigenvalue weighted by Crippen LogP contribution is 2.25. The van der Waals surface area contributed by atoms with Crippen LogP contribution in [0.5, 0.6) is 5.75 Å². The van der Waals surface area contributed by atoms with E-state index < -0.39 is 6.36 Å². The number of benzene rings is 1. The van der Waals surface area contributed by atoms with Gasteiger partial charge in [0.15, 0.2) is 5.69 Å². The Bertz CT molecular complexity index is 1260. The lowest BCUT2D eigenvalue weighted by Gasteiger charge is -2.12. The summed E-state index contributed by atoms with van der Waals surface area (Å²) in [4.78, 5) is 16.6. The van der Waals surface area contributed by atoms with E-state index in [0.717, 1.165) is 5.69 Å². The number of halogens is 3. The smallest absolute Gasteiger partial charge is 0.406 e. The van der Waals surface area contributed by atoms with Gasteiger partial charge in [-0.05, 0) is 37.3 Å². The van der Waals surface area contributed by atoms with Gasteiger partial charge < -0.3 is 4.74 Å². The van der Waals surface area contributed by atoms with Crippen LogP contribution in [0.25, 0.3) is 22.8 Å². The van der Waals surface area contributed by atoms with Gasteiger partial charge in [-0.15, -0.1) is 13.2 Å². The molecule has 4 aromatic rings. The standard InChI is InChI=1S/C20H14F3N5O2/c1-13-11-15(5-8-24-13)28-17(6-9-25-28)19-18(29)7-10-27(26-19)14-3-2-4-16(12-14)30-20(21,22)23/h2-12H,1H3. The van der Waals surface area contributed by atoms with Gasteiger partial charge in [0.25, 0.3) is 0 Å². The molecule has 0 bridgehead atoms. The van der Waals surface area contributed by atoms with Crippen molar-refractivity contribution in [2.45, 2.75) is 13.3 Å². The third kappa shape index (κ3) is 4.07. The van der Waals surface area contributed by atoms with Gasteiger partial charge in [0, 0.05) is 30.2 Å². The first-order valence-corrected chi connectivity index (χ1v) is 8.74. The van der Waals surface area contributed by atoms with Crippen molar-refractivity contribution in [3.8, 4) is 28.5 Å². The number of aromatic nitrogens is 5. The molecule has 0 saturated carbocycles. The molecule has 10 heteroatoms. The van der Waals surface area contributed by atoms with Crippen LogP contribution in [0.15, 0.2) is 71.9 Å². The zero-order chi connectivity index (χ0) is 21.3. The summed E-state index contributed by atoms with van der Waals surface area (Å²) in [5, 5.41) is 8.58. The number of aryl methyl sites for hydroxylation is 1. The molecule has 0 N–H and O–H groups in total. The molecule has 1 aromatic carbocycles. The average molecular weight is 413 g/mol. The summed E-state index contributed by atoms with van der Waals surface area (Å²) < 4.78 is 44.3. The molecule has 0 atom stereocenters. The molecule has 3 heterocycles. The average Bonchev–Trinajstić information content (AvgIpc) is 3.17. The first-order valence-electron chi connectivity index (χ1n) is 8.74. The molecule has 0 aliphatic rings. The third-order valence-corrected chi connectivity index (χ3v) is 4.13. The van der Waals surface area contributed by atoms with Gasteiger partial charge in [-0.1, -0.05) is 6.07 Å². The van der Waals surface area contributed by atoms with Gasteiger partial charge in [0.05, 0.1) is 23.3 Å². The normalized spacial score (nSPS) is 11.5. The minimum Gasteiger partial charge on any atom is -0.406 e. The molecule has 0 aliphatic carbocycles. The molecule has 30 heavy (non-hydrogen) atoms. The lowest BCUT2D eigenvalue weighted by atomic mass is 10.2. The SMILES string of the molecule is Cc1cc(-n2nccc2-c2nn(-c3cccc(OC(F)(F)F)c3)ccc2=O)ccn1. The lowest BCUT2D eigenvalue weighted by molar-refractivity contribution is -0.274. The van der Waals surface area contributed by atoms with E-state index in [1.165, 1.54) is 41.3 Å². The van der Waals surface area contributed by atoms with Crippen LogP contribution in [-0.2, 0) is 0 Å². The molecular formula is C20H14F3N5O2. The van der Waals surface area contributed by atoms with Gasteiger partial charge in [0.1, 0.15) is 5.75 Å². The molecule has 0 fully saturated rings. The van der Waals surface area contributed by atoms with Crippen molar-refractivity contribution in [3.63, 3.8) is 0 Å². The van der Waals surface area contributed by atoms with Crippen molar-refractivity contribution in [1.29, 1.82) is 0 Å². The Kier molecular flexibility index (Phi) is 4.82. The van der Waals surface area contributed by atoms with E-state index in [-0.39, 0.29) is 16.9 Å². The predicted molar refractivity (Wildman–Crippen MR) is 102 cm³/mol. The van der Waals surface area contributed by atoms with E-state index in [2.05, 4.69) is 19.9 Å². The van der Waals surface area contributed by atoms with Crippen molar-refractivity contribution in [3.05, 3.63) is 83.0 Å².